The number of aromatic nitrogens is 4. The minimum atomic E-state index is -0.222. The zero-order chi connectivity index (χ0) is 16.2. The highest BCUT2D eigenvalue weighted by Crippen LogP contribution is 2.35. The molecule has 1 aliphatic carbocycles. The number of aryl methyl sites for hydroxylation is 2. The third-order valence-electron chi connectivity index (χ3n) is 4.29. The minimum absolute atomic E-state index is 0.222. The molecule has 0 unspecified atom stereocenters. The number of imidazole rings is 1. The second kappa shape index (κ2) is 6.85. The van der Waals surface area contributed by atoms with Crippen LogP contribution in [0.1, 0.15) is 49.4 Å². The molecule has 0 spiro atoms. The number of rotatable bonds is 4. The van der Waals surface area contributed by atoms with Crippen molar-refractivity contribution in [2.24, 2.45) is 14.1 Å². The molecule has 2 aromatic rings. The van der Waals surface area contributed by atoms with Crippen LogP contribution in [0.2, 0.25) is 0 Å². The molecule has 0 bridgehead atoms. The van der Waals surface area contributed by atoms with Gasteiger partial charge >= 0.3 is 6.03 Å². The molecule has 0 saturated heterocycles. The quantitative estimate of drug-likeness (QED) is 0.910. The van der Waals surface area contributed by atoms with Gasteiger partial charge < -0.3 is 15.2 Å². The van der Waals surface area contributed by atoms with Crippen LogP contribution >= 0.6 is 0 Å². The predicted octanol–water partition coefficient (Wildman–Crippen LogP) is 2.52. The second-order valence-electron chi connectivity index (χ2n) is 6.27. The Morgan fingerprint density at radius 1 is 1.26 bits per heavy atom. The molecule has 3 rings (SSSR count). The summed E-state index contributed by atoms with van der Waals surface area (Å²) >= 11 is 0. The molecule has 0 aliphatic heterocycles. The summed E-state index contributed by atoms with van der Waals surface area (Å²) in [6, 6.07) is -0.222. The van der Waals surface area contributed by atoms with Crippen molar-refractivity contribution in [2.75, 3.05) is 5.32 Å². The van der Waals surface area contributed by atoms with Crippen LogP contribution in [-0.2, 0) is 20.6 Å². The number of nitrogens with one attached hydrogen (secondary N) is 2. The monoisotopic (exact) mass is 316 g/mol. The van der Waals surface area contributed by atoms with Gasteiger partial charge in [0.1, 0.15) is 0 Å². The first kappa shape index (κ1) is 15.6. The molecule has 1 fully saturated rings. The Morgan fingerprint density at radius 2 is 2.04 bits per heavy atom. The molecule has 2 heterocycles. The van der Waals surface area contributed by atoms with Gasteiger partial charge in [-0.1, -0.05) is 19.3 Å². The first-order valence-corrected chi connectivity index (χ1v) is 8.17. The first-order valence-electron chi connectivity index (χ1n) is 8.17. The molecule has 2 N–H and O–H groups in total. The average Bonchev–Trinajstić information content (AvgIpc) is 3.12. The molecule has 2 aromatic heterocycles. The van der Waals surface area contributed by atoms with Crippen LogP contribution in [-0.4, -0.2) is 25.4 Å². The highest BCUT2D eigenvalue weighted by molar-refractivity contribution is 5.89. The smallest absolute Gasteiger partial charge is 0.319 e. The maximum absolute atomic E-state index is 12.1. The summed E-state index contributed by atoms with van der Waals surface area (Å²) in [6.45, 7) is 0.408. The van der Waals surface area contributed by atoms with Crippen molar-refractivity contribution in [1.82, 2.24) is 24.6 Å². The summed E-state index contributed by atoms with van der Waals surface area (Å²) in [5.74, 6) is 0.455. The maximum atomic E-state index is 12.1. The van der Waals surface area contributed by atoms with E-state index in [9.17, 15) is 4.79 Å². The number of carbonyl (C=O) groups is 1. The van der Waals surface area contributed by atoms with E-state index in [-0.39, 0.29) is 6.03 Å². The molecule has 1 aliphatic rings. The third-order valence-corrected chi connectivity index (χ3v) is 4.29. The lowest BCUT2D eigenvalue weighted by atomic mass is 9.86. The van der Waals surface area contributed by atoms with E-state index >= 15 is 0 Å². The van der Waals surface area contributed by atoms with Crippen LogP contribution in [0.3, 0.4) is 0 Å². The van der Waals surface area contributed by atoms with Gasteiger partial charge in [0.2, 0.25) is 0 Å². The highest BCUT2D eigenvalue weighted by atomic mass is 16.2. The Balaban J connectivity index is 1.61. The summed E-state index contributed by atoms with van der Waals surface area (Å²) in [5.41, 5.74) is 2.67. The lowest BCUT2D eigenvalue weighted by Gasteiger charge is -2.20. The Bertz CT molecular complexity index is 668. The summed E-state index contributed by atoms with van der Waals surface area (Å²) in [4.78, 5) is 16.3. The van der Waals surface area contributed by atoms with E-state index in [1.165, 1.54) is 19.3 Å². The number of amides is 2. The number of anilines is 1. The fourth-order valence-electron chi connectivity index (χ4n) is 3.18. The van der Waals surface area contributed by atoms with Crippen molar-refractivity contribution in [1.29, 1.82) is 0 Å². The first-order chi connectivity index (χ1) is 11.1. The van der Waals surface area contributed by atoms with Gasteiger partial charge in [-0.3, -0.25) is 4.68 Å². The lowest BCUT2D eigenvalue weighted by molar-refractivity contribution is 0.251. The van der Waals surface area contributed by atoms with Gasteiger partial charge in [-0.15, -0.1) is 0 Å². The molecule has 23 heavy (non-hydrogen) atoms. The summed E-state index contributed by atoms with van der Waals surface area (Å²) in [7, 11) is 3.80. The number of urea groups is 1. The van der Waals surface area contributed by atoms with Gasteiger partial charge in [0.05, 0.1) is 29.9 Å². The van der Waals surface area contributed by atoms with Crippen molar-refractivity contribution in [3.63, 3.8) is 0 Å². The van der Waals surface area contributed by atoms with E-state index in [2.05, 4.69) is 20.7 Å². The molecule has 1 saturated carbocycles. The van der Waals surface area contributed by atoms with Crippen LogP contribution in [0, 0.1) is 0 Å². The number of nitrogens with zero attached hydrogens (tertiary/aromatic N) is 4. The van der Waals surface area contributed by atoms with Gasteiger partial charge in [0, 0.05) is 32.4 Å². The topological polar surface area (TPSA) is 76.8 Å². The molecular weight excluding hydrogens is 292 g/mol. The zero-order valence-corrected chi connectivity index (χ0v) is 13.7. The van der Waals surface area contributed by atoms with Gasteiger partial charge in [0.25, 0.3) is 0 Å². The van der Waals surface area contributed by atoms with Crippen molar-refractivity contribution in [3.05, 3.63) is 30.1 Å². The fraction of sp³-hybridized carbons (Fsp3) is 0.562. The van der Waals surface area contributed by atoms with E-state index < -0.39 is 0 Å². The third kappa shape index (κ3) is 3.91. The lowest BCUT2D eigenvalue weighted by Crippen LogP contribution is -2.28. The Labute approximate surface area is 136 Å². The fourth-order valence-corrected chi connectivity index (χ4v) is 3.18. The van der Waals surface area contributed by atoms with Crippen molar-refractivity contribution in [3.8, 4) is 0 Å². The summed E-state index contributed by atoms with van der Waals surface area (Å²) in [5, 5.41) is 10.3. The van der Waals surface area contributed by atoms with Gasteiger partial charge in [-0.2, -0.15) is 5.10 Å². The van der Waals surface area contributed by atoms with Gasteiger partial charge in [-0.05, 0) is 12.8 Å². The number of hydrogen-bond acceptors (Lipinski definition) is 3. The van der Waals surface area contributed by atoms with Crippen molar-refractivity contribution >= 4 is 11.7 Å². The van der Waals surface area contributed by atoms with Gasteiger partial charge in [-0.25, -0.2) is 9.78 Å². The normalized spacial score (nSPS) is 15.6. The predicted molar refractivity (Wildman–Crippen MR) is 88.1 cm³/mol. The number of carbonyl (C=O) groups excluding carboxylic acids is 1. The Hall–Kier alpha value is -2.31. The summed E-state index contributed by atoms with van der Waals surface area (Å²) in [6.07, 6.45) is 11.6. The molecule has 2 amide bonds. The maximum Gasteiger partial charge on any atom is 0.319 e. The highest BCUT2D eigenvalue weighted by Gasteiger charge is 2.22. The van der Waals surface area contributed by atoms with E-state index in [4.69, 9.17) is 0 Å². The van der Waals surface area contributed by atoms with Crippen molar-refractivity contribution in [2.45, 2.75) is 44.6 Å². The largest absolute Gasteiger partial charge is 0.340 e. The molecular formula is C16H24N6O. The molecule has 0 aromatic carbocycles. The number of hydrogen-bond donors (Lipinski definition) is 2. The molecule has 124 valence electrons. The van der Waals surface area contributed by atoms with Crippen LogP contribution in [0.25, 0.3) is 0 Å². The van der Waals surface area contributed by atoms with Crippen LogP contribution in [0.5, 0.6) is 0 Å². The molecule has 0 atom stereocenters. The van der Waals surface area contributed by atoms with Crippen LogP contribution in [0.4, 0.5) is 10.5 Å². The van der Waals surface area contributed by atoms with E-state index in [1.54, 1.807) is 11.0 Å². The van der Waals surface area contributed by atoms with Crippen LogP contribution in [0.15, 0.2) is 18.7 Å². The van der Waals surface area contributed by atoms with Crippen molar-refractivity contribution < 1.29 is 4.79 Å². The molecule has 7 nitrogen and oxygen atoms in total. The minimum Gasteiger partial charge on any atom is -0.340 e. The standard InChI is InChI=1S/C16H24N6O/c1-21-9-13(18-11-21)8-17-16(23)19-14-10-22(2)20-15(14)12-6-4-3-5-7-12/h9-12H,3-8H2,1-2H3,(H2,17,19,23). The Morgan fingerprint density at radius 3 is 2.74 bits per heavy atom. The Kier molecular flexibility index (Phi) is 4.64. The average molecular weight is 316 g/mol. The van der Waals surface area contributed by atoms with Gasteiger partial charge in [0.15, 0.2) is 0 Å². The van der Waals surface area contributed by atoms with Crippen LogP contribution < -0.4 is 10.6 Å². The molecule has 0 radical (unpaired) electrons. The second-order valence-corrected chi connectivity index (χ2v) is 6.27. The SMILES string of the molecule is Cn1cnc(CNC(=O)Nc2cn(C)nc2C2CCCCC2)c1. The van der Waals surface area contributed by atoms with E-state index in [0.717, 1.165) is 29.9 Å². The summed E-state index contributed by atoms with van der Waals surface area (Å²) < 4.78 is 3.63. The van der Waals surface area contributed by atoms with E-state index in [0.29, 0.717) is 12.5 Å². The van der Waals surface area contributed by atoms with E-state index in [1.807, 2.05) is 31.1 Å². The molecule has 7 heteroatoms. The zero-order valence-electron chi connectivity index (χ0n) is 13.7.